The van der Waals surface area contributed by atoms with E-state index in [2.05, 4.69) is 33.7 Å². The van der Waals surface area contributed by atoms with Gasteiger partial charge in [-0.15, -0.1) is 10.2 Å². The van der Waals surface area contributed by atoms with Crippen molar-refractivity contribution in [3.8, 4) is 0 Å². The fraction of sp³-hybridized carbons (Fsp3) is 0.381. The molecule has 1 N–H and O–H groups in total. The lowest BCUT2D eigenvalue weighted by molar-refractivity contribution is -0.119. The van der Waals surface area contributed by atoms with E-state index in [1.807, 2.05) is 38.2 Å². The second-order valence-corrected chi connectivity index (χ2v) is 10.8. The topological polar surface area (TPSA) is 94.0 Å². The van der Waals surface area contributed by atoms with Gasteiger partial charge in [-0.1, -0.05) is 54.2 Å². The number of fused-ring (bicyclic) bond motifs is 1. The van der Waals surface area contributed by atoms with Crippen LogP contribution >= 0.6 is 11.8 Å². The quantitative estimate of drug-likeness (QED) is 0.588. The van der Waals surface area contributed by atoms with E-state index >= 15 is 0 Å². The first-order chi connectivity index (χ1) is 14.3. The van der Waals surface area contributed by atoms with Crippen molar-refractivity contribution in [3.63, 3.8) is 0 Å². The lowest BCUT2D eigenvalue weighted by Crippen LogP contribution is -2.28. The number of carbonyl (C=O) groups is 1. The number of carbonyl (C=O) groups excluding carboxylic acids is 1. The van der Waals surface area contributed by atoms with Crippen LogP contribution in [0, 0.1) is 0 Å². The molecule has 0 saturated carbocycles. The van der Waals surface area contributed by atoms with Gasteiger partial charge >= 0.3 is 0 Å². The van der Waals surface area contributed by atoms with Crippen LogP contribution in [-0.2, 0) is 21.7 Å². The average Bonchev–Trinajstić information content (AvgIpc) is 3.27. The van der Waals surface area contributed by atoms with E-state index in [9.17, 15) is 13.2 Å². The van der Waals surface area contributed by atoms with Gasteiger partial charge in [0.2, 0.25) is 5.91 Å². The highest BCUT2D eigenvalue weighted by Gasteiger charge is 2.32. The predicted molar refractivity (Wildman–Crippen MR) is 118 cm³/mol. The molecule has 2 aromatic carbocycles. The molecule has 1 amide bonds. The van der Waals surface area contributed by atoms with Crippen LogP contribution in [0.1, 0.15) is 36.7 Å². The minimum absolute atomic E-state index is 0.0894. The molecule has 1 aromatic heterocycles. The van der Waals surface area contributed by atoms with Gasteiger partial charge in [0.1, 0.15) is 5.82 Å². The van der Waals surface area contributed by atoms with Gasteiger partial charge in [0.25, 0.3) is 0 Å². The van der Waals surface area contributed by atoms with Crippen molar-refractivity contribution in [3.05, 3.63) is 53.9 Å². The van der Waals surface area contributed by atoms with Crippen molar-refractivity contribution in [1.29, 1.82) is 0 Å². The summed E-state index contributed by atoms with van der Waals surface area (Å²) < 4.78 is 25.3. The summed E-state index contributed by atoms with van der Waals surface area (Å²) in [5.41, 5.74) is 1.08. The summed E-state index contributed by atoms with van der Waals surface area (Å²) in [5, 5.41) is 14.3. The van der Waals surface area contributed by atoms with E-state index in [1.54, 1.807) is 4.57 Å². The minimum Gasteiger partial charge on any atom is -0.349 e. The molecule has 2 unspecified atom stereocenters. The van der Waals surface area contributed by atoms with Crippen LogP contribution in [0.5, 0.6) is 0 Å². The molecule has 0 spiro atoms. The molecule has 3 aromatic rings. The molecule has 1 saturated heterocycles. The fourth-order valence-corrected chi connectivity index (χ4v) is 6.39. The summed E-state index contributed by atoms with van der Waals surface area (Å²) in [5.74, 6) is 0.983. The first kappa shape index (κ1) is 20.9. The van der Waals surface area contributed by atoms with E-state index in [4.69, 9.17) is 0 Å². The van der Waals surface area contributed by atoms with Gasteiger partial charge in [-0.25, -0.2) is 8.42 Å². The lowest BCUT2D eigenvalue weighted by Gasteiger charge is -2.16. The summed E-state index contributed by atoms with van der Waals surface area (Å²) in [7, 11) is -1.17. The molecule has 4 rings (SSSR count). The third-order valence-electron chi connectivity index (χ3n) is 5.47. The molecule has 158 valence electrons. The monoisotopic (exact) mass is 444 g/mol. The SMILES string of the molecule is CC(NC(=O)CSc1nnc(C2CCS(=O)(=O)C2)n1C)c1cccc2ccccc12. The number of aromatic nitrogens is 3. The van der Waals surface area contributed by atoms with Crippen molar-refractivity contribution < 1.29 is 13.2 Å². The number of thioether (sulfide) groups is 1. The molecule has 0 aliphatic carbocycles. The first-order valence-electron chi connectivity index (χ1n) is 9.83. The number of benzene rings is 2. The molecule has 1 aliphatic heterocycles. The number of hydrogen-bond acceptors (Lipinski definition) is 6. The highest BCUT2D eigenvalue weighted by Crippen LogP contribution is 2.29. The van der Waals surface area contributed by atoms with Gasteiger partial charge < -0.3 is 9.88 Å². The van der Waals surface area contributed by atoms with Gasteiger partial charge in [-0.05, 0) is 29.7 Å². The van der Waals surface area contributed by atoms with E-state index < -0.39 is 9.84 Å². The van der Waals surface area contributed by atoms with Gasteiger partial charge in [0.15, 0.2) is 15.0 Å². The van der Waals surface area contributed by atoms with Crippen molar-refractivity contribution in [2.24, 2.45) is 7.05 Å². The summed E-state index contributed by atoms with van der Waals surface area (Å²) in [6.45, 7) is 1.98. The third kappa shape index (κ3) is 4.37. The largest absolute Gasteiger partial charge is 0.349 e. The van der Waals surface area contributed by atoms with Crippen LogP contribution in [0.15, 0.2) is 47.6 Å². The Bertz CT molecular complexity index is 1180. The Labute approximate surface area is 180 Å². The number of sulfone groups is 1. The van der Waals surface area contributed by atoms with Gasteiger partial charge in [0, 0.05) is 13.0 Å². The number of amides is 1. The minimum atomic E-state index is -2.98. The number of rotatable bonds is 6. The molecule has 7 nitrogen and oxygen atoms in total. The fourth-order valence-electron chi connectivity index (χ4n) is 3.93. The van der Waals surface area contributed by atoms with Crippen LogP contribution in [-0.4, -0.2) is 46.3 Å². The first-order valence-corrected chi connectivity index (χ1v) is 12.6. The molecule has 2 heterocycles. The van der Waals surface area contributed by atoms with Crippen molar-refractivity contribution in [1.82, 2.24) is 20.1 Å². The Morgan fingerprint density at radius 1 is 1.23 bits per heavy atom. The molecular formula is C21H24N4O3S2. The van der Waals surface area contributed by atoms with Crippen LogP contribution in [0.3, 0.4) is 0 Å². The highest BCUT2D eigenvalue weighted by molar-refractivity contribution is 7.99. The van der Waals surface area contributed by atoms with Gasteiger partial charge in [-0.3, -0.25) is 4.79 Å². The molecule has 2 atom stereocenters. The Morgan fingerprint density at radius 3 is 2.77 bits per heavy atom. The van der Waals surface area contributed by atoms with Crippen LogP contribution in [0.4, 0.5) is 0 Å². The number of nitrogens with zero attached hydrogens (tertiary/aromatic N) is 3. The maximum absolute atomic E-state index is 12.5. The Morgan fingerprint density at radius 2 is 2.00 bits per heavy atom. The molecule has 30 heavy (non-hydrogen) atoms. The second-order valence-electron chi connectivity index (χ2n) is 7.65. The standard InChI is InChI=1S/C21H24N4O3S2/c1-14(17-9-5-7-15-6-3-4-8-18(15)17)22-19(26)12-29-21-24-23-20(25(21)2)16-10-11-30(27,28)13-16/h3-9,14,16H,10-13H2,1-2H3,(H,22,26). The van der Waals surface area contributed by atoms with E-state index in [-0.39, 0.29) is 35.1 Å². The normalized spacial score (nSPS) is 19.1. The van der Waals surface area contributed by atoms with E-state index in [1.165, 1.54) is 11.8 Å². The van der Waals surface area contributed by atoms with Crippen LogP contribution < -0.4 is 5.32 Å². The van der Waals surface area contributed by atoms with E-state index in [0.717, 1.165) is 16.3 Å². The smallest absolute Gasteiger partial charge is 0.230 e. The zero-order valence-corrected chi connectivity index (χ0v) is 18.5. The zero-order chi connectivity index (χ0) is 21.3. The van der Waals surface area contributed by atoms with Crippen LogP contribution in [0.2, 0.25) is 0 Å². The van der Waals surface area contributed by atoms with Gasteiger partial charge in [-0.2, -0.15) is 0 Å². The maximum Gasteiger partial charge on any atom is 0.230 e. The third-order valence-corrected chi connectivity index (χ3v) is 8.25. The predicted octanol–water partition coefficient (Wildman–Crippen LogP) is 2.84. The Kier molecular flexibility index (Phi) is 5.84. The Balaban J connectivity index is 1.38. The zero-order valence-electron chi connectivity index (χ0n) is 16.9. The summed E-state index contributed by atoms with van der Waals surface area (Å²) in [6, 6.07) is 14.1. The summed E-state index contributed by atoms with van der Waals surface area (Å²) in [6.07, 6.45) is 0.571. The average molecular weight is 445 g/mol. The van der Waals surface area contributed by atoms with Crippen molar-refractivity contribution >= 4 is 38.3 Å². The van der Waals surface area contributed by atoms with Crippen molar-refractivity contribution in [2.45, 2.75) is 30.5 Å². The number of nitrogens with one attached hydrogen (secondary N) is 1. The number of hydrogen-bond donors (Lipinski definition) is 1. The molecule has 1 aliphatic rings. The molecule has 1 fully saturated rings. The van der Waals surface area contributed by atoms with E-state index in [0.29, 0.717) is 17.4 Å². The summed E-state index contributed by atoms with van der Waals surface area (Å²) >= 11 is 1.30. The molecule has 0 radical (unpaired) electrons. The maximum atomic E-state index is 12.5. The second kappa shape index (κ2) is 8.39. The van der Waals surface area contributed by atoms with Crippen LogP contribution in [0.25, 0.3) is 10.8 Å². The molecule has 0 bridgehead atoms. The highest BCUT2D eigenvalue weighted by atomic mass is 32.2. The van der Waals surface area contributed by atoms with Crippen molar-refractivity contribution in [2.75, 3.05) is 17.3 Å². The summed E-state index contributed by atoms with van der Waals surface area (Å²) in [4.78, 5) is 12.5. The van der Waals surface area contributed by atoms with Gasteiger partial charge in [0.05, 0.1) is 23.3 Å². The molecule has 9 heteroatoms. The lowest BCUT2D eigenvalue weighted by atomic mass is 10.00. The molecular weight excluding hydrogens is 420 g/mol. The Hall–Kier alpha value is -2.39.